The summed E-state index contributed by atoms with van der Waals surface area (Å²) < 4.78 is 2.34. The second-order valence-electron chi connectivity index (χ2n) is 11.5. The molecule has 0 unspecified atom stereocenters. The van der Waals surface area contributed by atoms with Crippen LogP contribution >= 0.6 is 0 Å². The van der Waals surface area contributed by atoms with Gasteiger partial charge in [-0.1, -0.05) is 109 Å². The van der Waals surface area contributed by atoms with Gasteiger partial charge in [-0.05, 0) is 39.2 Å². The standard InChI is InChI=1S/C40H27N4Si/c1-3-11-32(12-4-1)45(33-13-5-2-6-14-33)36(35-20-19-31-18-17-30-10-8-25-42-39(30)40(31)43-35)21-22-37(45)44-26-23-28-15-16-29-9-7-24-41-38(29)34(28)27-44/h1-27H/q+1. The summed E-state index contributed by atoms with van der Waals surface area (Å²) >= 11 is 0. The van der Waals surface area contributed by atoms with Gasteiger partial charge < -0.3 is 0 Å². The minimum absolute atomic E-state index is 0.929. The van der Waals surface area contributed by atoms with Gasteiger partial charge in [0.25, 0.3) is 8.07 Å². The molecule has 0 N–H and O–H groups in total. The van der Waals surface area contributed by atoms with Crippen LogP contribution in [0.1, 0.15) is 5.69 Å². The van der Waals surface area contributed by atoms with Gasteiger partial charge in [-0.15, -0.1) is 0 Å². The number of benzene rings is 4. The number of pyridine rings is 4. The summed E-state index contributed by atoms with van der Waals surface area (Å²) in [5, 5.41) is 10.8. The number of allylic oxidation sites excluding steroid dienone is 2. The van der Waals surface area contributed by atoms with E-state index in [-0.39, 0.29) is 0 Å². The molecule has 0 aliphatic carbocycles. The van der Waals surface area contributed by atoms with Crippen LogP contribution in [0.25, 0.3) is 54.0 Å². The Hall–Kier alpha value is -5.78. The van der Waals surface area contributed by atoms with Gasteiger partial charge in [-0.2, -0.15) is 4.57 Å². The van der Waals surface area contributed by atoms with Crippen LogP contribution < -0.4 is 14.9 Å². The predicted molar refractivity (Wildman–Crippen MR) is 187 cm³/mol. The molecule has 4 nitrogen and oxygen atoms in total. The smallest absolute Gasteiger partial charge is 0.255 e. The number of fused-ring (bicyclic) bond motifs is 6. The average Bonchev–Trinajstić information content (AvgIpc) is 3.53. The summed E-state index contributed by atoms with van der Waals surface area (Å²) in [7, 11) is -2.85. The first kappa shape index (κ1) is 25.7. The van der Waals surface area contributed by atoms with Crippen molar-refractivity contribution in [1.29, 1.82) is 0 Å². The summed E-state index contributed by atoms with van der Waals surface area (Å²) in [4.78, 5) is 15.0. The van der Waals surface area contributed by atoms with E-state index < -0.39 is 8.07 Å². The van der Waals surface area contributed by atoms with Gasteiger partial charge in [0, 0.05) is 40.7 Å². The maximum absolute atomic E-state index is 5.40. The second-order valence-corrected chi connectivity index (χ2v) is 15.2. The molecule has 0 fully saturated rings. The lowest BCUT2D eigenvalue weighted by molar-refractivity contribution is -0.573. The van der Waals surface area contributed by atoms with Crippen molar-refractivity contribution in [3.63, 3.8) is 0 Å². The molecule has 0 spiro atoms. The largest absolute Gasteiger partial charge is 0.262 e. The molecule has 4 aromatic carbocycles. The fourth-order valence-electron chi connectivity index (χ4n) is 7.09. The highest BCUT2D eigenvalue weighted by Crippen LogP contribution is 2.37. The molecule has 45 heavy (non-hydrogen) atoms. The molecule has 5 heteroatoms. The molecule has 0 saturated heterocycles. The van der Waals surface area contributed by atoms with Crippen LogP contribution in [0.15, 0.2) is 164 Å². The SMILES string of the molecule is C1=C(c2ccc3ccc4cccnc4c3n2)[Si](c2ccccc2)(c2ccccc2)C([n+]2ccc3ccc4cccnc4c3c2)=C1. The fraction of sp³-hybridized carbons (Fsp3) is 0. The highest BCUT2D eigenvalue weighted by molar-refractivity contribution is 7.25. The highest BCUT2D eigenvalue weighted by Gasteiger charge is 2.54. The van der Waals surface area contributed by atoms with Crippen LogP contribution in [0, 0.1) is 0 Å². The van der Waals surface area contributed by atoms with E-state index in [4.69, 9.17) is 15.0 Å². The Morgan fingerprint density at radius 1 is 0.489 bits per heavy atom. The number of hydrogen-bond acceptors (Lipinski definition) is 3. The van der Waals surface area contributed by atoms with Crippen LogP contribution in [-0.2, 0) is 0 Å². The minimum atomic E-state index is -2.85. The van der Waals surface area contributed by atoms with Gasteiger partial charge in [0.1, 0.15) is 0 Å². The molecule has 210 valence electrons. The van der Waals surface area contributed by atoms with Crippen molar-refractivity contribution < 1.29 is 4.57 Å². The monoisotopic (exact) mass is 591 g/mol. The lowest BCUT2D eigenvalue weighted by Gasteiger charge is -2.30. The number of hydrogen-bond donors (Lipinski definition) is 0. The second kappa shape index (κ2) is 10.1. The molecular formula is C40H27N4Si+. The third kappa shape index (κ3) is 3.91. The molecule has 0 amide bonds. The molecule has 0 bridgehead atoms. The van der Waals surface area contributed by atoms with Gasteiger partial charge >= 0.3 is 0 Å². The van der Waals surface area contributed by atoms with Crippen LogP contribution in [0.5, 0.6) is 0 Å². The van der Waals surface area contributed by atoms with Crippen molar-refractivity contribution in [3.8, 4) is 0 Å². The third-order valence-corrected chi connectivity index (χ3v) is 13.9. The van der Waals surface area contributed by atoms with Gasteiger partial charge in [0.05, 0.1) is 27.6 Å². The lowest BCUT2D eigenvalue weighted by Crippen LogP contribution is -2.65. The maximum atomic E-state index is 5.40. The Kier molecular flexibility index (Phi) is 5.79. The summed E-state index contributed by atoms with van der Waals surface area (Å²) in [5.74, 6) is 0. The topological polar surface area (TPSA) is 42.5 Å². The Bertz CT molecular complexity index is 2310. The average molecular weight is 592 g/mol. The first-order chi connectivity index (χ1) is 22.3. The van der Waals surface area contributed by atoms with E-state index in [1.54, 1.807) is 0 Å². The van der Waals surface area contributed by atoms with E-state index in [1.807, 2.05) is 24.5 Å². The zero-order chi connectivity index (χ0) is 29.8. The fourth-order valence-corrected chi connectivity index (χ4v) is 12.0. The van der Waals surface area contributed by atoms with Crippen LogP contribution in [0.3, 0.4) is 0 Å². The number of rotatable bonds is 4. The van der Waals surface area contributed by atoms with E-state index in [2.05, 4.69) is 144 Å². The summed E-state index contributed by atoms with van der Waals surface area (Å²) in [6.07, 6.45) is 12.8. The van der Waals surface area contributed by atoms with Crippen molar-refractivity contribution in [2.24, 2.45) is 0 Å². The Morgan fingerprint density at radius 3 is 1.80 bits per heavy atom. The first-order valence-corrected chi connectivity index (χ1v) is 17.2. The Balaban J connectivity index is 1.33. The third-order valence-electron chi connectivity index (χ3n) is 9.13. The van der Waals surface area contributed by atoms with Crippen molar-refractivity contribution in [3.05, 3.63) is 170 Å². The van der Waals surface area contributed by atoms with E-state index in [9.17, 15) is 0 Å². The summed E-state index contributed by atoms with van der Waals surface area (Å²) in [6, 6.07) is 45.5. The molecule has 5 heterocycles. The lowest BCUT2D eigenvalue weighted by atomic mass is 10.1. The van der Waals surface area contributed by atoms with Gasteiger partial charge in [-0.3, -0.25) is 9.97 Å². The van der Waals surface area contributed by atoms with Crippen molar-refractivity contribution in [2.75, 3.05) is 0 Å². The van der Waals surface area contributed by atoms with Crippen LogP contribution in [0.4, 0.5) is 0 Å². The Labute approximate surface area is 261 Å². The molecule has 0 atom stereocenters. The summed E-state index contributed by atoms with van der Waals surface area (Å²) in [5.41, 5.74) is 3.86. The molecule has 0 saturated carbocycles. The number of nitrogens with zero attached hydrogens (tertiary/aromatic N) is 4. The molecule has 9 rings (SSSR count). The molecule has 8 aromatic rings. The van der Waals surface area contributed by atoms with Crippen LogP contribution in [-0.4, -0.2) is 23.0 Å². The van der Waals surface area contributed by atoms with E-state index in [1.165, 1.54) is 26.3 Å². The predicted octanol–water partition coefficient (Wildman–Crippen LogP) is 7.05. The van der Waals surface area contributed by atoms with Gasteiger partial charge in [0.15, 0.2) is 17.7 Å². The molecule has 1 aliphatic rings. The zero-order valence-corrected chi connectivity index (χ0v) is 25.4. The molecule has 0 radical (unpaired) electrons. The highest BCUT2D eigenvalue weighted by atomic mass is 28.3. The van der Waals surface area contributed by atoms with E-state index in [0.29, 0.717) is 0 Å². The van der Waals surface area contributed by atoms with E-state index >= 15 is 0 Å². The quantitative estimate of drug-likeness (QED) is 0.125. The van der Waals surface area contributed by atoms with Gasteiger partial charge in [-0.25, -0.2) is 4.98 Å². The van der Waals surface area contributed by atoms with Crippen LogP contribution in [0.2, 0.25) is 0 Å². The van der Waals surface area contributed by atoms with Crippen molar-refractivity contribution >= 4 is 72.4 Å². The molecule has 1 aliphatic heterocycles. The maximum Gasteiger partial charge on any atom is 0.262 e. The Morgan fingerprint density at radius 2 is 1.09 bits per heavy atom. The van der Waals surface area contributed by atoms with Gasteiger partial charge in [0.2, 0.25) is 0 Å². The normalized spacial score (nSPS) is 14.2. The minimum Gasteiger partial charge on any atom is -0.255 e. The van der Waals surface area contributed by atoms with Crippen molar-refractivity contribution in [1.82, 2.24) is 15.0 Å². The summed E-state index contributed by atoms with van der Waals surface area (Å²) in [6.45, 7) is 0. The number of aromatic nitrogens is 4. The zero-order valence-electron chi connectivity index (χ0n) is 24.4. The van der Waals surface area contributed by atoms with Crippen molar-refractivity contribution in [2.45, 2.75) is 0 Å². The first-order valence-electron chi connectivity index (χ1n) is 15.2. The molecular weight excluding hydrogens is 565 g/mol. The van der Waals surface area contributed by atoms with E-state index in [0.717, 1.165) is 43.8 Å². The molecule has 4 aromatic heterocycles.